The summed E-state index contributed by atoms with van der Waals surface area (Å²) < 4.78 is 23.0. The molecule has 1 atom stereocenters. The zero-order chi connectivity index (χ0) is 14.0. The Kier molecular flexibility index (Phi) is 4.28. The van der Waals surface area contributed by atoms with E-state index in [9.17, 15) is 8.42 Å². The Bertz CT molecular complexity index is 541. The van der Waals surface area contributed by atoms with E-state index < -0.39 is 9.84 Å². The van der Waals surface area contributed by atoms with Crippen LogP contribution in [0.3, 0.4) is 0 Å². The van der Waals surface area contributed by atoms with Crippen LogP contribution in [0.15, 0.2) is 18.2 Å². The van der Waals surface area contributed by atoms with E-state index in [1.807, 2.05) is 0 Å². The molecule has 0 radical (unpaired) electrons. The van der Waals surface area contributed by atoms with Crippen LogP contribution < -0.4 is 5.73 Å². The summed E-state index contributed by atoms with van der Waals surface area (Å²) in [4.78, 5) is 2.19. The molecular formula is C14H22N2O2S. The average molecular weight is 282 g/mol. The normalized spacial score (nSPS) is 21.2. The Labute approximate surface area is 115 Å². The van der Waals surface area contributed by atoms with E-state index in [2.05, 4.69) is 36.9 Å². The van der Waals surface area contributed by atoms with Crippen molar-refractivity contribution < 1.29 is 8.42 Å². The van der Waals surface area contributed by atoms with Gasteiger partial charge in [-0.3, -0.25) is 4.90 Å². The smallest absolute Gasteiger partial charge is 0.152 e. The topological polar surface area (TPSA) is 63.4 Å². The molecule has 1 unspecified atom stereocenters. The number of hydrogen-bond donors (Lipinski definition) is 1. The Morgan fingerprint density at radius 2 is 1.84 bits per heavy atom. The predicted molar refractivity (Wildman–Crippen MR) is 77.9 cm³/mol. The lowest BCUT2D eigenvalue weighted by atomic mass is 10.00. The molecule has 1 heterocycles. The first-order valence-corrected chi connectivity index (χ1v) is 8.47. The number of nitrogens with zero attached hydrogens (tertiary/aromatic N) is 1. The molecule has 5 heteroatoms. The number of rotatable bonds is 3. The van der Waals surface area contributed by atoms with E-state index in [4.69, 9.17) is 5.73 Å². The average Bonchev–Trinajstić information content (AvgIpc) is 2.36. The second-order valence-corrected chi connectivity index (χ2v) is 7.59. The van der Waals surface area contributed by atoms with Crippen molar-refractivity contribution in [2.45, 2.75) is 19.9 Å². The lowest BCUT2D eigenvalue weighted by molar-refractivity contribution is 0.219. The van der Waals surface area contributed by atoms with E-state index in [1.54, 1.807) is 0 Å². The van der Waals surface area contributed by atoms with Gasteiger partial charge >= 0.3 is 0 Å². The monoisotopic (exact) mass is 282 g/mol. The van der Waals surface area contributed by atoms with Crippen molar-refractivity contribution in [3.05, 3.63) is 34.9 Å². The molecule has 0 aromatic heterocycles. The van der Waals surface area contributed by atoms with Gasteiger partial charge < -0.3 is 5.73 Å². The number of hydrogen-bond acceptors (Lipinski definition) is 4. The van der Waals surface area contributed by atoms with E-state index in [-0.39, 0.29) is 17.5 Å². The van der Waals surface area contributed by atoms with Gasteiger partial charge in [-0.25, -0.2) is 8.42 Å². The summed E-state index contributed by atoms with van der Waals surface area (Å²) in [5.74, 6) is 0.489. The maximum Gasteiger partial charge on any atom is 0.152 e. The van der Waals surface area contributed by atoms with Gasteiger partial charge in [-0.15, -0.1) is 0 Å². The van der Waals surface area contributed by atoms with Crippen molar-refractivity contribution in [3.8, 4) is 0 Å². The summed E-state index contributed by atoms with van der Waals surface area (Å²) in [6.45, 7) is 5.86. The van der Waals surface area contributed by atoms with Gasteiger partial charge in [-0.2, -0.15) is 0 Å². The molecule has 4 nitrogen and oxygen atoms in total. The highest BCUT2D eigenvalue weighted by Gasteiger charge is 2.27. The molecule has 1 aliphatic rings. The second-order valence-electron chi connectivity index (χ2n) is 5.28. The standard InChI is InChI=1S/C14H22N2O2S/c1-11-3-4-13(9-12(11)2)14(10-15)16-5-7-19(17,18)8-6-16/h3-4,9,14H,5-8,10,15H2,1-2H3. The largest absolute Gasteiger partial charge is 0.329 e. The van der Waals surface area contributed by atoms with Crippen LogP contribution in [0.4, 0.5) is 0 Å². The fourth-order valence-corrected chi connectivity index (χ4v) is 3.74. The van der Waals surface area contributed by atoms with E-state index in [1.165, 1.54) is 16.7 Å². The fraction of sp³-hybridized carbons (Fsp3) is 0.571. The maximum atomic E-state index is 11.5. The van der Waals surface area contributed by atoms with Gasteiger partial charge in [0.25, 0.3) is 0 Å². The van der Waals surface area contributed by atoms with Crippen LogP contribution in [0, 0.1) is 13.8 Å². The first kappa shape index (κ1) is 14.5. The molecule has 1 aromatic rings. The van der Waals surface area contributed by atoms with Gasteiger partial charge in [0, 0.05) is 25.7 Å². The molecule has 1 fully saturated rings. The third-order valence-electron chi connectivity index (χ3n) is 3.96. The molecule has 0 bridgehead atoms. The van der Waals surface area contributed by atoms with Gasteiger partial charge in [0.05, 0.1) is 11.5 Å². The summed E-state index contributed by atoms with van der Waals surface area (Å²) in [6.07, 6.45) is 0. The minimum atomic E-state index is -2.84. The first-order chi connectivity index (χ1) is 8.93. The third kappa shape index (κ3) is 3.35. The van der Waals surface area contributed by atoms with Crippen LogP contribution >= 0.6 is 0 Å². The molecule has 106 valence electrons. The highest BCUT2D eigenvalue weighted by molar-refractivity contribution is 7.91. The minimum Gasteiger partial charge on any atom is -0.329 e. The highest BCUT2D eigenvalue weighted by Crippen LogP contribution is 2.23. The minimum absolute atomic E-state index is 0.120. The highest BCUT2D eigenvalue weighted by atomic mass is 32.2. The number of sulfone groups is 1. The SMILES string of the molecule is Cc1ccc(C(CN)N2CCS(=O)(=O)CC2)cc1C. The van der Waals surface area contributed by atoms with E-state index in [0.717, 1.165) is 0 Å². The molecule has 2 rings (SSSR count). The molecule has 0 spiro atoms. The molecule has 0 aliphatic carbocycles. The molecule has 0 amide bonds. The number of aryl methyl sites for hydroxylation is 2. The van der Waals surface area contributed by atoms with Crippen LogP contribution in [0.5, 0.6) is 0 Å². The zero-order valence-electron chi connectivity index (χ0n) is 11.6. The first-order valence-electron chi connectivity index (χ1n) is 6.64. The molecule has 19 heavy (non-hydrogen) atoms. The summed E-state index contributed by atoms with van der Waals surface area (Å²) in [5.41, 5.74) is 9.60. The van der Waals surface area contributed by atoms with Crippen LogP contribution in [0.2, 0.25) is 0 Å². The van der Waals surface area contributed by atoms with Crippen molar-refractivity contribution in [1.82, 2.24) is 4.90 Å². The molecular weight excluding hydrogens is 260 g/mol. The van der Waals surface area contributed by atoms with Crippen LogP contribution in [-0.2, 0) is 9.84 Å². The molecule has 1 saturated heterocycles. The third-order valence-corrected chi connectivity index (χ3v) is 5.57. The van der Waals surface area contributed by atoms with Crippen molar-refractivity contribution in [2.75, 3.05) is 31.1 Å². The fourth-order valence-electron chi connectivity index (χ4n) is 2.51. The van der Waals surface area contributed by atoms with Gasteiger partial charge in [-0.05, 0) is 30.5 Å². The number of benzene rings is 1. The van der Waals surface area contributed by atoms with Gasteiger partial charge in [0.2, 0.25) is 0 Å². The van der Waals surface area contributed by atoms with Gasteiger partial charge in [0.15, 0.2) is 9.84 Å². The lowest BCUT2D eigenvalue weighted by Crippen LogP contribution is -2.44. The van der Waals surface area contributed by atoms with Crippen molar-refractivity contribution in [2.24, 2.45) is 5.73 Å². The summed E-state index contributed by atoms with van der Waals surface area (Å²) in [5, 5.41) is 0. The lowest BCUT2D eigenvalue weighted by Gasteiger charge is -2.34. The molecule has 1 aliphatic heterocycles. The molecule has 0 saturated carbocycles. The van der Waals surface area contributed by atoms with E-state index in [0.29, 0.717) is 19.6 Å². The van der Waals surface area contributed by atoms with Crippen molar-refractivity contribution in [3.63, 3.8) is 0 Å². The van der Waals surface area contributed by atoms with Crippen LogP contribution in [0.1, 0.15) is 22.7 Å². The Balaban J connectivity index is 2.18. The van der Waals surface area contributed by atoms with Crippen LogP contribution in [0.25, 0.3) is 0 Å². The quantitative estimate of drug-likeness (QED) is 0.899. The Morgan fingerprint density at radius 1 is 1.21 bits per heavy atom. The van der Waals surface area contributed by atoms with Crippen molar-refractivity contribution >= 4 is 9.84 Å². The number of nitrogens with two attached hydrogens (primary N) is 1. The summed E-state index contributed by atoms with van der Waals surface area (Å²) in [6, 6.07) is 6.49. The molecule has 1 aromatic carbocycles. The molecule has 2 N–H and O–H groups in total. The van der Waals surface area contributed by atoms with Gasteiger partial charge in [-0.1, -0.05) is 18.2 Å². The Morgan fingerprint density at radius 3 is 2.37 bits per heavy atom. The second kappa shape index (κ2) is 5.61. The summed E-state index contributed by atoms with van der Waals surface area (Å²) in [7, 11) is -2.84. The van der Waals surface area contributed by atoms with E-state index >= 15 is 0 Å². The van der Waals surface area contributed by atoms with Crippen molar-refractivity contribution in [1.29, 1.82) is 0 Å². The Hall–Kier alpha value is -0.910. The zero-order valence-corrected chi connectivity index (χ0v) is 12.4. The maximum absolute atomic E-state index is 11.5. The van der Waals surface area contributed by atoms with Crippen LogP contribution in [-0.4, -0.2) is 44.5 Å². The predicted octanol–water partition coefficient (Wildman–Crippen LogP) is 1.03. The van der Waals surface area contributed by atoms with Gasteiger partial charge in [0.1, 0.15) is 0 Å². The summed E-state index contributed by atoms with van der Waals surface area (Å²) >= 11 is 0.